The molecule has 1 aliphatic carbocycles. The largest absolute Gasteiger partial charge is 0.380 e. The van der Waals surface area contributed by atoms with Gasteiger partial charge in [-0.15, -0.1) is 0 Å². The number of hydrogen-bond donors (Lipinski definition) is 3. The number of likely N-dealkylation sites (tertiary alicyclic amines) is 1. The Morgan fingerprint density at radius 1 is 1.34 bits per heavy atom. The van der Waals surface area contributed by atoms with E-state index < -0.39 is 27.7 Å². The Balaban J connectivity index is 1.53. The summed E-state index contributed by atoms with van der Waals surface area (Å²) in [6.07, 6.45) is 2.27. The lowest BCUT2D eigenvalue weighted by Crippen LogP contribution is -2.41. The number of amides is 2. The van der Waals surface area contributed by atoms with Crippen LogP contribution in [0.25, 0.3) is 0 Å². The first kappa shape index (κ1) is 23.7. The zero-order valence-corrected chi connectivity index (χ0v) is 18.5. The number of allylic oxidation sites excluding steroid dienone is 2. The number of alkyl halides is 1. The Morgan fingerprint density at radius 3 is 2.59 bits per heavy atom. The molecule has 1 unspecified atom stereocenters. The average Bonchev–Trinajstić information content (AvgIpc) is 3.14. The lowest BCUT2D eigenvalue weighted by atomic mass is 9.77. The molecule has 1 aromatic rings. The van der Waals surface area contributed by atoms with Crippen molar-refractivity contribution in [3.05, 3.63) is 36.0 Å². The molecule has 1 heterocycles. The molecule has 1 aromatic carbocycles. The van der Waals surface area contributed by atoms with Crippen LogP contribution in [0.3, 0.4) is 0 Å². The van der Waals surface area contributed by atoms with Gasteiger partial charge in [0.15, 0.2) is 0 Å². The van der Waals surface area contributed by atoms with Gasteiger partial charge >= 0.3 is 0 Å². The van der Waals surface area contributed by atoms with Gasteiger partial charge < -0.3 is 15.5 Å². The standard InChI is InChI=1S/C21H26FN5O4S/c1-21(20(29)26-16-2-4-18(5-3-16)32(24,30)31)8-6-15(7-9-21)25-12-19(28)27-13-14(22)10-17(27)11-23/h2-6,14,17,25H,7-10,12-13H2,1H3,(H,26,29)(H2,24,30,31)/t14-,17-,21?/m0/s1. The van der Waals surface area contributed by atoms with E-state index in [0.29, 0.717) is 24.9 Å². The van der Waals surface area contributed by atoms with Crippen LogP contribution >= 0.6 is 0 Å². The van der Waals surface area contributed by atoms with E-state index in [1.54, 1.807) is 0 Å². The summed E-state index contributed by atoms with van der Waals surface area (Å²) in [5, 5.41) is 20.0. The van der Waals surface area contributed by atoms with Crippen molar-refractivity contribution in [1.29, 1.82) is 5.26 Å². The first-order valence-electron chi connectivity index (χ1n) is 10.2. The minimum Gasteiger partial charge on any atom is -0.380 e. The Morgan fingerprint density at radius 2 is 2.03 bits per heavy atom. The normalized spacial score (nSPS) is 25.6. The Bertz CT molecular complexity index is 1070. The smallest absolute Gasteiger partial charge is 0.243 e. The van der Waals surface area contributed by atoms with Crippen molar-refractivity contribution in [2.24, 2.45) is 10.6 Å². The van der Waals surface area contributed by atoms with Crippen LogP contribution in [0.1, 0.15) is 32.6 Å². The van der Waals surface area contributed by atoms with E-state index in [4.69, 9.17) is 10.4 Å². The summed E-state index contributed by atoms with van der Waals surface area (Å²) in [4.78, 5) is 26.3. The number of nitriles is 1. The monoisotopic (exact) mass is 463 g/mol. The van der Waals surface area contributed by atoms with Gasteiger partial charge in [-0.3, -0.25) is 9.59 Å². The van der Waals surface area contributed by atoms with E-state index in [2.05, 4.69) is 10.6 Å². The van der Waals surface area contributed by atoms with Crippen LogP contribution in [0.2, 0.25) is 0 Å². The van der Waals surface area contributed by atoms with Crippen molar-refractivity contribution in [2.45, 2.75) is 49.7 Å². The molecule has 0 radical (unpaired) electrons. The number of carbonyl (C=O) groups is 2. The molecule has 1 saturated heterocycles. The van der Waals surface area contributed by atoms with Crippen molar-refractivity contribution in [3.8, 4) is 6.07 Å². The van der Waals surface area contributed by atoms with Crippen molar-refractivity contribution in [2.75, 3.05) is 18.4 Å². The van der Waals surface area contributed by atoms with Gasteiger partial charge in [-0.2, -0.15) is 5.26 Å². The summed E-state index contributed by atoms with van der Waals surface area (Å²) in [5.41, 5.74) is 0.618. The number of nitrogens with zero attached hydrogens (tertiary/aromatic N) is 2. The molecule has 3 atom stereocenters. The summed E-state index contributed by atoms with van der Waals surface area (Å²) in [7, 11) is -3.80. The molecule has 1 aliphatic heterocycles. The van der Waals surface area contributed by atoms with Gasteiger partial charge in [0.25, 0.3) is 0 Å². The quantitative estimate of drug-likeness (QED) is 0.581. The van der Waals surface area contributed by atoms with E-state index in [-0.39, 0.29) is 36.2 Å². The fourth-order valence-corrected chi connectivity index (χ4v) is 4.33. The number of anilines is 1. The van der Waals surface area contributed by atoms with Gasteiger partial charge in [-0.05, 0) is 43.5 Å². The molecule has 0 spiro atoms. The third-order valence-electron chi connectivity index (χ3n) is 5.92. The molecule has 0 bridgehead atoms. The summed E-state index contributed by atoms with van der Waals surface area (Å²) in [5.74, 6) is -0.526. The molecule has 4 N–H and O–H groups in total. The van der Waals surface area contributed by atoms with Gasteiger partial charge in [0.05, 0.1) is 29.5 Å². The average molecular weight is 464 g/mol. The second-order valence-electron chi connectivity index (χ2n) is 8.40. The van der Waals surface area contributed by atoms with Crippen molar-refractivity contribution in [1.82, 2.24) is 10.2 Å². The summed E-state index contributed by atoms with van der Waals surface area (Å²) >= 11 is 0. The lowest BCUT2D eigenvalue weighted by Gasteiger charge is -2.32. The zero-order valence-electron chi connectivity index (χ0n) is 17.7. The number of nitrogens with two attached hydrogens (primary N) is 1. The third-order valence-corrected chi connectivity index (χ3v) is 6.85. The molecular formula is C21H26FN5O4S. The number of hydrogen-bond acceptors (Lipinski definition) is 6. The molecule has 2 aliphatic rings. The first-order valence-corrected chi connectivity index (χ1v) is 11.8. The maximum Gasteiger partial charge on any atom is 0.243 e. The maximum absolute atomic E-state index is 13.5. The number of nitrogens with one attached hydrogen (secondary N) is 2. The van der Waals surface area contributed by atoms with Gasteiger partial charge in [-0.25, -0.2) is 17.9 Å². The molecule has 0 saturated carbocycles. The van der Waals surface area contributed by atoms with Crippen molar-refractivity contribution in [3.63, 3.8) is 0 Å². The Hall–Kier alpha value is -2.97. The Kier molecular flexibility index (Phi) is 6.85. The molecule has 11 heteroatoms. The number of halogens is 1. The highest BCUT2D eigenvalue weighted by Crippen LogP contribution is 2.35. The van der Waals surface area contributed by atoms with E-state index in [0.717, 1.165) is 5.70 Å². The van der Waals surface area contributed by atoms with Crippen LogP contribution in [0.4, 0.5) is 10.1 Å². The predicted molar refractivity (Wildman–Crippen MR) is 115 cm³/mol. The molecule has 32 heavy (non-hydrogen) atoms. The van der Waals surface area contributed by atoms with E-state index >= 15 is 0 Å². The van der Waals surface area contributed by atoms with Crippen LogP contribution < -0.4 is 15.8 Å². The number of carbonyl (C=O) groups excluding carboxylic acids is 2. The SMILES string of the molecule is CC1(C(=O)Nc2ccc(S(N)(=O)=O)cc2)CC=C(NCC(=O)N2C[C@@H](F)C[C@H]2C#N)CC1. The fraction of sp³-hybridized carbons (Fsp3) is 0.476. The van der Waals surface area contributed by atoms with Crippen molar-refractivity contribution >= 4 is 27.5 Å². The van der Waals surface area contributed by atoms with Crippen LogP contribution in [0.15, 0.2) is 40.9 Å². The minimum atomic E-state index is -3.80. The second kappa shape index (κ2) is 9.26. The fourth-order valence-electron chi connectivity index (χ4n) is 3.81. The summed E-state index contributed by atoms with van der Waals surface area (Å²) < 4.78 is 36.2. The van der Waals surface area contributed by atoms with Crippen LogP contribution in [0, 0.1) is 16.7 Å². The summed E-state index contributed by atoms with van der Waals surface area (Å²) in [6, 6.07) is 6.84. The van der Waals surface area contributed by atoms with Crippen LogP contribution in [-0.2, 0) is 19.6 Å². The van der Waals surface area contributed by atoms with E-state index in [1.807, 2.05) is 19.1 Å². The van der Waals surface area contributed by atoms with Crippen molar-refractivity contribution < 1.29 is 22.4 Å². The highest BCUT2D eigenvalue weighted by Gasteiger charge is 2.36. The zero-order chi connectivity index (χ0) is 23.5. The van der Waals surface area contributed by atoms with E-state index in [1.165, 1.54) is 29.2 Å². The maximum atomic E-state index is 13.5. The highest BCUT2D eigenvalue weighted by molar-refractivity contribution is 7.89. The van der Waals surface area contributed by atoms with Crippen LogP contribution in [0.5, 0.6) is 0 Å². The highest BCUT2D eigenvalue weighted by atomic mass is 32.2. The number of rotatable bonds is 6. The Labute approximate surface area is 186 Å². The molecule has 2 amide bonds. The minimum absolute atomic E-state index is 0.0317. The molecule has 1 fully saturated rings. The second-order valence-corrected chi connectivity index (χ2v) is 9.96. The number of primary sulfonamides is 1. The molecule has 3 rings (SSSR count). The van der Waals surface area contributed by atoms with Gasteiger partial charge in [-0.1, -0.05) is 13.0 Å². The van der Waals surface area contributed by atoms with Gasteiger partial charge in [0.1, 0.15) is 12.2 Å². The molecule has 9 nitrogen and oxygen atoms in total. The topological polar surface area (TPSA) is 145 Å². The first-order chi connectivity index (χ1) is 15.0. The molecule has 172 valence electrons. The lowest BCUT2D eigenvalue weighted by molar-refractivity contribution is -0.130. The van der Waals surface area contributed by atoms with E-state index in [9.17, 15) is 22.4 Å². The molecule has 0 aromatic heterocycles. The summed E-state index contributed by atoms with van der Waals surface area (Å²) in [6.45, 7) is 1.74. The predicted octanol–water partition coefficient (Wildman–Crippen LogP) is 1.40. The van der Waals surface area contributed by atoms with Gasteiger partial charge in [0, 0.05) is 17.8 Å². The van der Waals surface area contributed by atoms with Gasteiger partial charge in [0.2, 0.25) is 21.8 Å². The number of sulfonamides is 1. The third kappa shape index (κ3) is 5.44. The number of benzene rings is 1. The molecular weight excluding hydrogens is 437 g/mol. The van der Waals surface area contributed by atoms with Crippen LogP contribution in [-0.4, -0.2) is 50.4 Å².